The Kier molecular flexibility index (Phi) is 0.659. The van der Waals surface area contributed by atoms with Gasteiger partial charge < -0.3 is 4.74 Å². The van der Waals surface area contributed by atoms with Crippen LogP contribution >= 0.6 is 0 Å². The molecular formula is C12H10O3. The van der Waals surface area contributed by atoms with Gasteiger partial charge in [-0.2, -0.15) is 0 Å². The van der Waals surface area contributed by atoms with Crippen molar-refractivity contribution in [1.29, 1.82) is 0 Å². The van der Waals surface area contributed by atoms with Crippen LogP contribution in [0.4, 0.5) is 0 Å². The lowest BCUT2D eigenvalue weighted by Gasteiger charge is -2.40. The lowest BCUT2D eigenvalue weighted by Crippen LogP contribution is -2.45. The van der Waals surface area contributed by atoms with Crippen molar-refractivity contribution in [1.82, 2.24) is 0 Å². The van der Waals surface area contributed by atoms with Crippen LogP contribution in [0.3, 0.4) is 0 Å². The maximum absolute atomic E-state index is 11.7. The predicted octanol–water partition coefficient (Wildman–Crippen LogP) is 0.300. The van der Waals surface area contributed by atoms with Gasteiger partial charge >= 0.3 is 11.9 Å². The molecule has 7 aliphatic rings. The number of esters is 2. The van der Waals surface area contributed by atoms with Gasteiger partial charge in [0.25, 0.3) is 0 Å². The molecule has 7 fully saturated rings. The quantitative estimate of drug-likeness (QED) is 0.419. The zero-order valence-corrected chi connectivity index (χ0v) is 8.00. The van der Waals surface area contributed by atoms with Crippen LogP contribution in [-0.2, 0) is 14.3 Å². The van der Waals surface area contributed by atoms with E-state index in [0.29, 0.717) is 11.8 Å². The Labute approximate surface area is 86.2 Å². The van der Waals surface area contributed by atoms with Crippen LogP contribution in [-0.4, -0.2) is 11.9 Å². The van der Waals surface area contributed by atoms with Crippen LogP contribution in [0, 0.1) is 59.2 Å². The number of hydrogen-bond donors (Lipinski definition) is 0. The van der Waals surface area contributed by atoms with E-state index in [1.807, 2.05) is 0 Å². The molecule has 0 spiro atoms. The summed E-state index contributed by atoms with van der Waals surface area (Å²) in [6, 6.07) is 0. The molecule has 0 N–H and O–H groups in total. The normalized spacial score (nSPS) is 78.1. The molecule has 7 rings (SSSR count). The van der Waals surface area contributed by atoms with Gasteiger partial charge in [0.15, 0.2) is 0 Å². The zero-order valence-electron chi connectivity index (χ0n) is 8.00. The average molecular weight is 202 g/mol. The molecule has 2 bridgehead atoms. The van der Waals surface area contributed by atoms with Crippen molar-refractivity contribution in [2.45, 2.75) is 0 Å². The largest absolute Gasteiger partial charge is 0.393 e. The van der Waals surface area contributed by atoms with Crippen LogP contribution in [0.2, 0.25) is 0 Å². The first kappa shape index (κ1) is 6.66. The number of carbonyl (C=O) groups excluding carboxylic acids is 2. The second-order valence-corrected chi connectivity index (χ2v) is 6.41. The Morgan fingerprint density at radius 2 is 0.933 bits per heavy atom. The number of hydrogen-bond acceptors (Lipinski definition) is 3. The van der Waals surface area contributed by atoms with Crippen molar-refractivity contribution in [3.05, 3.63) is 0 Å². The molecule has 15 heavy (non-hydrogen) atoms. The standard InChI is InChI=1S/C12H10O3/c13-11-9-7-3-1-2-5(7)6(2)8(4(1)3)10(9)12(14)15-11/h1-10H/t1?,2?,3-,4-,5-,6+,7?,8?,9-,10-/m0/s1. The molecular weight excluding hydrogens is 192 g/mol. The fourth-order valence-corrected chi connectivity index (χ4v) is 6.64. The lowest BCUT2D eigenvalue weighted by atomic mass is 9.59. The summed E-state index contributed by atoms with van der Waals surface area (Å²) in [6.45, 7) is 0. The summed E-state index contributed by atoms with van der Waals surface area (Å²) in [5, 5.41) is 0. The Morgan fingerprint density at radius 3 is 1.33 bits per heavy atom. The van der Waals surface area contributed by atoms with Gasteiger partial charge in [-0.1, -0.05) is 0 Å². The summed E-state index contributed by atoms with van der Waals surface area (Å²) in [5.74, 6) is 5.90. The first-order valence-electron chi connectivity index (χ1n) is 6.06. The Bertz CT molecular complexity index is 407. The minimum Gasteiger partial charge on any atom is -0.393 e. The SMILES string of the molecule is O=C1OC(=O)[C@H]2C3[C@H]4C5C6[C@H](C([C@@H]54)[C@H]12)[C@@H]63. The fourth-order valence-electron chi connectivity index (χ4n) is 6.64. The summed E-state index contributed by atoms with van der Waals surface area (Å²) in [5.41, 5.74) is 0. The summed E-state index contributed by atoms with van der Waals surface area (Å²) in [4.78, 5) is 23.4. The van der Waals surface area contributed by atoms with Crippen molar-refractivity contribution < 1.29 is 14.3 Å². The Hall–Kier alpha value is -0.860. The van der Waals surface area contributed by atoms with Gasteiger partial charge in [-0.05, 0) is 47.3 Å². The molecule has 1 saturated heterocycles. The van der Waals surface area contributed by atoms with Crippen molar-refractivity contribution in [3.8, 4) is 0 Å². The second-order valence-electron chi connectivity index (χ2n) is 6.41. The molecule has 6 aliphatic carbocycles. The molecule has 1 heterocycles. The van der Waals surface area contributed by atoms with E-state index in [9.17, 15) is 9.59 Å². The van der Waals surface area contributed by atoms with Crippen molar-refractivity contribution in [3.63, 3.8) is 0 Å². The van der Waals surface area contributed by atoms with E-state index in [-0.39, 0.29) is 23.8 Å². The molecule has 1 aliphatic heterocycles. The molecule has 3 nitrogen and oxygen atoms in total. The van der Waals surface area contributed by atoms with Crippen molar-refractivity contribution >= 4 is 11.9 Å². The van der Waals surface area contributed by atoms with Gasteiger partial charge in [0, 0.05) is 0 Å². The highest BCUT2D eigenvalue weighted by Crippen LogP contribution is 2.93. The molecule has 0 aromatic heterocycles. The summed E-state index contributed by atoms with van der Waals surface area (Å²) >= 11 is 0. The van der Waals surface area contributed by atoms with Crippen LogP contribution in [0.15, 0.2) is 0 Å². The van der Waals surface area contributed by atoms with Gasteiger partial charge in [-0.15, -0.1) is 0 Å². The third-order valence-electron chi connectivity index (χ3n) is 6.57. The molecule has 0 amide bonds. The predicted molar refractivity (Wildman–Crippen MR) is 46.0 cm³/mol. The maximum atomic E-state index is 11.7. The summed E-state index contributed by atoms with van der Waals surface area (Å²) < 4.78 is 4.86. The zero-order chi connectivity index (χ0) is 9.64. The minimum absolute atomic E-state index is 0.0116. The fraction of sp³-hybridized carbons (Fsp3) is 0.833. The minimum atomic E-state index is -0.185. The maximum Gasteiger partial charge on any atom is 0.317 e. The monoisotopic (exact) mass is 202 g/mol. The highest BCUT2D eigenvalue weighted by molar-refractivity contribution is 5.98. The molecule has 3 heteroatoms. The van der Waals surface area contributed by atoms with Gasteiger partial charge in [-0.25, -0.2) is 0 Å². The van der Waals surface area contributed by atoms with E-state index < -0.39 is 0 Å². The molecule has 0 aromatic carbocycles. The third kappa shape index (κ3) is 0.409. The number of ether oxygens (including phenoxy) is 1. The van der Waals surface area contributed by atoms with E-state index in [1.165, 1.54) is 0 Å². The average Bonchev–Trinajstić information content (AvgIpc) is 2.99. The Morgan fingerprint density at radius 1 is 0.600 bits per heavy atom. The number of rotatable bonds is 0. The molecule has 0 radical (unpaired) electrons. The van der Waals surface area contributed by atoms with E-state index in [1.54, 1.807) is 0 Å². The summed E-state index contributed by atoms with van der Waals surface area (Å²) in [6.07, 6.45) is 0. The van der Waals surface area contributed by atoms with Crippen LogP contribution in [0.5, 0.6) is 0 Å². The third-order valence-corrected chi connectivity index (χ3v) is 6.57. The first-order chi connectivity index (χ1) is 7.30. The first-order valence-corrected chi connectivity index (χ1v) is 6.06. The molecule has 4 unspecified atom stereocenters. The van der Waals surface area contributed by atoms with E-state index >= 15 is 0 Å². The van der Waals surface area contributed by atoms with Gasteiger partial charge in [0.2, 0.25) is 0 Å². The molecule has 0 aromatic rings. The molecule has 6 saturated carbocycles. The van der Waals surface area contributed by atoms with Gasteiger partial charge in [0.1, 0.15) is 0 Å². The second kappa shape index (κ2) is 1.48. The lowest BCUT2D eigenvalue weighted by molar-refractivity contribution is -0.154. The van der Waals surface area contributed by atoms with E-state index in [4.69, 9.17) is 4.74 Å². The smallest absolute Gasteiger partial charge is 0.317 e. The molecule has 10 atom stereocenters. The highest BCUT2D eigenvalue weighted by Gasteiger charge is 2.93. The van der Waals surface area contributed by atoms with Crippen LogP contribution in [0.25, 0.3) is 0 Å². The topological polar surface area (TPSA) is 43.4 Å². The van der Waals surface area contributed by atoms with Crippen molar-refractivity contribution in [2.24, 2.45) is 59.2 Å². The van der Waals surface area contributed by atoms with Crippen LogP contribution < -0.4 is 0 Å². The van der Waals surface area contributed by atoms with E-state index in [2.05, 4.69) is 0 Å². The highest BCUT2D eigenvalue weighted by atomic mass is 16.6. The Balaban J connectivity index is 1.65. The van der Waals surface area contributed by atoms with Gasteiger partial charge in [-0.3, -0.25) is 9.59 Å². The molecule has 76 valence electrons. The van der Waals surface area contributed by atoms with E-state index in [0.717, 1.165) is 35.5 Å². The summed E-state index contributed by atoms with van der Waals surface area (Å²) in [7, 11) is 0. The number of cyclic esters (lactones) is 2. The van der Waals surface area contributed by atoms with Crippen LogP contribution in [0.1, 0.15) is 0 Å². The van der Waals surface area contributed by atoms with Crippen molar-refractivity contribution in [2.75, 3.05) is 0 Å². The number of carbonyl (C=O) groups is 2. The van der Waals surface area contributed by atoms with Gasteiger partial charge in [0.05, 0.1) is 11.8 Å².